The Morgan fingerprint density at radius 1 is 1.06 bits per heavy atom. The molecule has 2 aliphatic heterocycles. The fraction of sp³-hybridized carbons (Fsp3) is 0.618. The Bertz CT molecular complexity index is 1370. The maximum absolute atomic E-state index is 14.9. The van der Waals surface area contributed by atoms with Gasteiger partial charge >= 0.3 is 6.09 Å². The zero-order valence-electron chi connectivity index (χ0n) is 27.8. The Labute approximate surface area is 278 Å². The van der Waals surface area contributed by atoms with Crippen LogP contribution in [0.4, 0.5) is 9.18 Å². The fourth-order valence-electron chi connectivity index (χ4n) is 5.79. The van der Waals surface area contributed by atoms with E-state index < -0.39 is 52.1 Å². The Hall–Kier alpha value is -2.97. The molecule has 0 spiro atoms. The van der Waals surface area contributed by atoms with Crippen molar-refractivity contribution >= 4 is 34.8 Å². The van der Waals surface area contributed by atoms with Crippen molar-refractivity contribution in [2.75, 3.05) is 46.3 Å². The van der Waals surface area contributed by atoms with Gasteiger partial charge in [-0.15, -0.1) is 0 Å². The van der Waals surface area contributed by atoms with E-state index in [0.29, 0.717) is 50.6 Å². The van der Waals surface area contributed by atoms with Crippen molar-refractivity contribution in [2.45, 2.75) is 76.1 Å². The Balaban J connectivity index is 1.79. The monoisotopic (exact) mass is 679 g/mol. The molecule has 1 aromatic rings. The van der Waals surface area contributed by atoms with Crippen LogP contribution in [0.15, 0.2) is 40.8 Å². The molecule has 2 N–H and O–H groups in total. The smallest absolute Gasteiger partial charge is 0.410 e. The number of hydrogen-bond acceptors (Lipinski definition) is 9. The van der Waals surface area contributed by atoms with E-state index in [2.05, 4.69) is 4.90 Å². The van der Waals surface area contributed by atoms with Crippen LogP contribution in [0.5, 0.6) is 0 Å². The minimum atomic E-state index is -3.90. The molecule has 0 aliphatic carbocycles. The lowest BCUT2D eigenvalue weighted by Gasteiger charge is -2.33. The van der Waals surface area contributed by atoms with Gasteiger partial charge in [-0.1, -0.05) is 31.6 Å². The minimum absolute atomic E-state index is 0.0236. The Kier molecular flexibility index (Phi) is 14.7. The zero-order valence-corrected chi connectivity index (χ0v) is 28.6. The quantitative estimate of drug-likeness (QED) is 0.210. The maximum atomic E-state index is 14.9. The molecule has 3 rings (SSSR count). The number of nitrogens with zero attached hydrogens (tertiary/aromatic N) is 3. The van der Waals surface area contributed by atoms with E-state index >= 15 is 0 Å². The Morgan fingerprint density at radius 2 is 1.72 bits per heavy atom. The number of benzene rings is 1. The number of carbonyl (C=O) groups excluding carboxylic acids is 3. The molecule has 262 valence electrons. The first kappa shape index (κ1) is 38.5. The van der Waals surface area contributed by atoms with E-state index in [1.165, 1.54) is 22.5 Å². The summed E-state index contributed by atoms with van der Waals surface area (Å²) in [5, 5.41) is 19.8. The number of allylic oxidation sites excluding steroid dienone is 2. The average Bonchev–Trinajstić information content (AvgIpc) is 3.03. The van der Waals surface area contributed by atoms with Crippen molar-refractivity contribution in [2.24, 2.45) is 17.8 Å². The lowest BCUT2D eigenvalue weighted by Crippen LogP contribution is -2.48. The lowest BCUT2D eigenvalue weighted by atomic mass is 9.86. The molecule has 0 radical (unpaired) electrons. The third kappa shape index (κ3) is 11.0. The summed E-state index contributed by atoms with van der Waals surface area (Å²) in [6.07, 6.45) is 5.47. The molecule has 2 aliphatic rings. The van der Waals surface area contributed by atoms with Crippen LogP contribution in [0.2, 0.25) is 0 Å². The molecule has 2 fully saturated rings. The molecule has 0 unspecified atom stereocenters. The van der Waals surface area contributed by atoms with Gasteiger partial charge in [0.1, 0.15) is 24.5 Å². The Morgan fingerprint density at radius 3 is 2.34 bits per heavy atom. The molecule has 0 saturated carbocycles. The van der Waals surface area contributed by atoms with Gasteiger partial charge in [0.2, 0.25) is 10.0 Å². The van der Waals surface area contributed by atoms with Gasteiger partial charge in [0.25, 0.3) is 0 Å². The van der Waals surface area contributed by atoms with Crippen molar-refractivity contribution in [1.82, 2.24) is 14.1 Å². The SMILES string of the molecule is C/C(=C\c1cc(S(=O)(=O)N2CCC(O)CC2)ccc1F)[C@@H](C=O)[C@@H](C)/C=C/[C@H](OC(=O)N1CCN(C)CC1)[C@@H](C)CC[C@@H](O)CC=O. The molecule has 5 atom stereocenters. The number of sulfonamides is 1. The van der Waals surface area contributed by atoms with E-state index in [9.17, 15) is 37.4 Å². The molecular formula is C34H50FN3O8S. The summed E-state index contributed by atoms with van der Waals surface area (Å²) < 4.78 is 48.6. The van der Waals surface area contributed by atoms with E-state index in [1.54, 1.807) is 24.0 Å². The van der Waals surface area contributed by atoms with Crippen molar-refractivity contribution in [3.05, 3.63) is 47.3 Å². The number of halogens is 1. The van der Waals surface area contributed by atoms with Gasteiger partial charge < -0.3 is 34.3 Å². The fourth-order valence-corrected chi connectivity index (χ4v) is 7.30. The van der Waals surface area contributed by atoms with Gasteiger partial charge in [-0.3, -0.25) is 0 Å². The molecular weight excluding hydrogens is 629 g/mol. The van der Waals surface area contributed by atoms with Crippen LogP contribution in [-0.2, 0) is 24.3 Å². The largest absolute Gasteiger partial charge is 0.442 e. The average molecular weight is 680 g/mol. The van der Waals surface area contributed by atoms with Crippen LogP contribution >= 0.6 is 0 Å². The normalized spacial score (nSPS) is 20.8. The van der Waals surface area contributed by atoms with Crippen molar-refractivity contribution in [1.29, 1.82) is 0 Å². The van der Waals surface area contributed by atoms with Crippen LogP contribution in [0.3, 0.4) is 0 Å². The summed E-state index contributed by atoms with van der Waals surface area (Å²) >= 11 is 0. The van der Waals surface area contributed by atoms with Gasteiger partial charge in [0, 0.05) is 57.2 Å². The molecule has 0 aromatic heterocycles. The summed E-state index contributed by atoms with van der Waals surface area (Å²) in [6.45, 7) is 8.25. The number of piperidine rings is 1. The predicted octanol–water partition coefficient (Wildman–Crippen LogP) is 3.50. The molecule has 2 saturated heterocycles. The van der Waals surface area contributed by atoms with Gasteiger partial charge in [-0.2, -0.15) is 4.31 Å². The third-order valence-electron chi connectivity index (χ3n) is 9.14. The number of aliphatic hydroxyl groups is 2. The summed E-state index contributed by atoms with van der Waals surface area (Å²) in [5.74, 6) is -1.92. The first-order valence-electron chi connectivity index (χ1n) is 16.3. The zero-order chi connectivity index (χ0) is 34.7. The van der Waals surface area contributed by atoms with E-state index in [-0.39, 0.29) is 35.9 Å². The summed E-state index contributed by atoms with van der Waals surface area (Å²) in [4.78, 5) is 39.9. The van der Waals surface area contributed by atoms with Gasteiger partial charge in [0.15, 0.2) is 0 Å². The first-order valence-corrected chi connectivity index (χ1v) is 17.8. The van der Waals surface area contributed by atoms with Crippen LogP contribution in [0, 0.1) is 23.6 Å². The van der Waals surface area contributed by atoms with Crippen LogP contribution < -0.4 is 0 Å². The van der Waals surface area contributed by atoms with Crippen LogP contribution in [-0.4, -0.2) is 116 Å². The number of likely N-dealkylation sites (N-methyl/N-ethyl adjacent to an activating group) is 1. The minimum Gasteiger partial charge on any atom is -0.442 e. The number of rotatable bonds is 15. The summed E-state index contributed by atoms with van der Waals surface area (Å²) in [5.41, 5.74) is 0.549. The van der Waals surface area contributed by atoms with Crippen LogP contribution in [0.1, 0.15) is 58.4 Å². The number of carbonyl (C=O) groups is 3. The number of aliphatic hydroxyl groups excluding tert-OH is 2. The number of ether oxygens (including phenoxy) is 1. The molecule has 1 amide bonds. The second-order valence-corrected chi connectivity index (χ2v) is 14.8. The van der Waals surface area contributed by atoms with Crippen molar-refractivity contribution < 1.29 is 42.1 Å². The molecule has 0 bridgehead atoms. The van der Waals surface area contributed by atoms with E-state index in [1.807, 2.05) is 20.9 Å². The highest BCUT2D eigenvalue weighted by Gasteiger charge is 2.30. The predicted molar refractivity (Wildman–Crippen MR) is 176 cm³/mol. The summed E-state index contributed by atoms with van der Waals surface area (Å²) in [7, 11) is -1.91. The highest BCUT2D eigenvalue weighted by atomic mass is 32.2. The van der Waals surface area contributed by atoms with Crippen molar-refractivity contribution in [3.63, 3.8) is 0 Å². The van der Waals surface area contributed by atoms with Gasteiger partial charge in [-0.25, -0.2) is 17.6 Å². The van der Waals surface area contributed by atoms with Crippen molar-refractivity contribution in [3.8, 4) is 0 Å². The topological polar surface area (TPSA) is 145 Å². The number of piperazine rings is 1. The number of aldehydes is 2. The molecule has 1 aromatic carbocycles. The van der Waals surface area contributed by atoms with Gasteiger partial charge in [0.05, 0.1) is 17.1 Å². The lowest BCUT2D eigenvalue weighted by molar-refractivity contribution is -0.111. The number of hydrogen-bond donors (Lipinski definition) is 2. The van der Waals surface area contributed by atoms with E-state index in [0.717, 1.165) is 25.4 Å². The maximum Gasteiger partial charge on any atom is 0.410 e. The summed E-state index contributed by atoms with van der Waals surface area (Å²) in [6, 6.07) is 3.57. The second-order valence-electron chi connectivity index (χ2n) is 12.9. The standard InChI is InChI=1S/C34H50FN3O8S/c1-24(6-10-33(25(2)5-7-28(41)13-20-39)46-34(43)37-18-16-36(4)17-19-37)31(23-40)26(3)21-27-22-30(8-9-32(27)35)47(44,45)38-14-11-29(42)12-15-38/h6,8-10,20-25,28-29,31,33,41-42H,5,7,11-19H2,1-4H3/b10-6+,26-21+/t24-,25-,28+,31-,33-/m0/s1. The molecule has 11 nitrogen and oxygen atoms in total. The van der Waals surface area contributed by atoms with Crippen LogP contribution in [0.25, 0.3) is 6.08 Å². The second kappa shape index (κ2) is 18.0. The number of amides is 1. The first-order chi connectivity index (χ1) is 22.3. The molecule has 47 heavy (non-hydrogen) atoms. The van der Waals surface area contributed by atoms with Gasteiger partial charge in [-0.05, 0) is 75.8 Å². The van der Waals surface area contributed by atoms with E-state index in [4.69, 9.17) is 4.74 Å². The molecule has 13 heteroatoms. The highest BCUT2D eigenvalue weighted by molar-refractivity contribution is 7.89. The highest BCUT2D eigenvalue weighted by Crippen LogP contribution is 2.28. The third-order valence-corrected chi connectivity index (χ3v) is 11.0. The molecule has 2 heterocycles.